The number of nitrogens with one attached hydrogen (secondary N) is 1. The molecule has 3 rings (SSSR count). The third-order valence-electron chi connectivity index (χ3n) is 5.02. The molecule has 0 bridgehead atoms. The molecule has 1 N–H and O–H groups in total. The van der Waals surface area contributed by atoms with E-state index < -0.39 is 50.6 Å². The van der Waals surface area contributed by atoms with Crippen LogP contribution in [-0.2, 0) is 23.9 Å². The van der Waals surface area contributed by atoms with Gasteiger partial charge >= 0.3 is 12.2 Å². The largest absolute Gasteiger partial charge is 0.484 e. The second kappa shape index (κ2) is 11.5. The molecule has 2 heterocycles. The average molecular weight is 562 g/mol. The highest BCUT2D eigenvalue weighted by Gasteiger charge is 2.56. The molecule has 186 valence electrons. The number of carbonyl (C=O) groups is 4. The van der Waals surface area contributed by atoms with E-state index in [0.717, 1.165) is 6.21 Å². The number of thioether (sulfide) groups is 1. The Balaban J connectivity index is 1.76. The Kier molecular flexibility index (Phi) is 8.84. The maximum atomic E-state index is 12.9. The summed E-state index contributed by atoms with van der Waals surface area (Å²) in [4.78, 5) is 54.1. The Morgan fingerprint density at radius 3 is 2.57 bits per heavy atom. The summed E-state index contributed by atoms with van der Waals surface area (Å²) in [6, 6.07) is 7.69. The number of benzene rings is 1. The number of esters is 1. The Bertz CT molecular complexity index is 1100. The third-order valence-corrected chi connectivity index (χ3v) is 6.96. The van der Waals surface area contributed by atoms with E-state index in [1.807, 2.05) is 0 Å². The second-order valence-corrected chi connectivity index (χ2v) is 11.3. The van der Waals surface area contributed by atoms with Gasteiger partial charge in [-0.2, -0.15) is 4.79 Å². The zero-order chi connectivity index (χ0) is 25.8. The van der Waals surface area contributed by atoms with Crippen LogP contribution < -0.4 is 10.1 Å². The van der Waals surface area contributed by atoms with Crippen molar-refractivity contribution in [3.05, 3.63) is 47.1 Å². The van der Waals surface area contributed by atoms with Crippen molar-refractivity contribution < 1.29 is 33.4 Å². The van der Waals surface area contributed by atoms with Gasteiger partial charge in [0.05, 0.1) is 0 Å². The van der Waals surface area contributed by atoms with Crippen molar-refractivity contribution in [2.24, 2.45) is 0 Å². The van der Waals surface area contributed by atoms with E-state index in [4.69, 9.17) is 49.8 Å². The van der Waals surface area contributed by atoms with Crippen LogP contribution in [0.3, 0.4) is 0 Å². The van der Waals surface area contributed by atoms with Crippen LogP contribution >= 0.6 is 46.6 Å². The normalized spacial score (nSPS) is 21.3. The summed E-state index contributed by atoms with van der Waals surface area (Å²) in [5.41, 5.74) is 8.92. The predicted octanol–water partition coefficient (Wildman–Crippen LogP) is 2.28. The number of hydrogen-bond donors (Lipinski definition) is 1. The first-order chi connectivity index (χ1) is 16.5. The first-order valence-electron chi connectivity index (χ1n) is 10.1. The number of amides is 2. The lowest BCUT2D eigenvalue weighted by Crippen LogP contribution is -2.71. The minimum absolute atomic E-state index is 0.0993. The van der Waals surface area contributed by atoms with Gasteiger partial charge in [-0.3, -0.25) is 19.3 Å². The maximum Gasteiger partial charge on any atom is 0.355 e. The summed E-state index contributed by atoms with van der Waals surface area (Å²) in [6.07, 6.45) is 0.616. The molecule has 1 fully saturated rings. The van der Waals surface area contributed by atoms with E-state index in [1.54, 1.807) is 37.3 Å². The minimum atomic E-state index is -1.87. The molecule has 1 aromatic carbocycles. The first-order valence-corrected chi connectivity index (χ1v) is 12.2. The van der Waals surface area contributed by atoms with Gasteiger partial charge in [0.2, 0.25) is 9.58 Å². The summed E-state index contributed by atoms with van der Waals surface area (Å²) >= 11 is 18.2. The molecular formula is C21H19Cl3N4O6S. The van der Waals surface area contributed by atoms with E-state index in [-0.39, 0.29) is 18.7 Å². The molecule has 14 heteroatoms. The molecule has 3 atom stereocenters. The molecule has 2 aliphatic heterocycles. The van der Waals surface area contributed by atoms with Gasteiger partial charge in [-0.1, -0.05) is 53.0 Å². The lowest BCUT2D eigenvalue weighted by Gasteiger charge is -2.51. The maximum absolute atomic E-state index is 12.9. The van der Waals surface area contributed by atoms with Crippen LogP contribution in [-0.4, -0.2) is 73.1 Å². The molecule has 2 aliphatic rings. The standard InChI is InChI=1S/C21H19Cl3N4O6S/c1-11-14(7-12(29)8-26-25)35-19-16(27-15(30)9-33-13-5-3-2-4-6-13)18(31)28(19)17(11)20(32)34-10-21(22,23)24/h2-6,8,14,16,19H,7,9-10H2,1H3,(H,27,30)/t14-,16-,19-/m1/s1. The quantitative estimate of drug-likeness (QED) is 0.122. The number of halogens is 3. The Morgan fingerprint density at radius 2 is 1.94 bits per heavy atom. The summed E-state index contributed by atoms with van der Waals surface area (Å²) in [6.45, 7) is 0.675. The average Bonchev–Trinajstić information content (AvgIpc) is 2.81. The van der Waals surface area contributed by atoms with E-state index in [9.17, 15) is 19.2 Å². The minimum Gasteiger partial charge on any atom is -0.484 e. The molecule has 2 amide bonds. The number of carbonyl (C=O) groups excluding carboxylic acids is 4. The highest BCUT2D eigenvalue weighted by molar-refractivity contribution is 8.01. The van der Waals surface area contributed by atoms with Gasteiger partial charge in [0.1, 0.15) is 29.5 Å². The van der Waals surface area contributed by atoms with Crippen LogP contribution in [0.4, 0.5) is 0 Å². The highest BCUT2D eigenvalue weighted by Crippen LogP contribution is 2.45. The highest BCUT2D eigenvalue weighted by atomic mass is 35.6. The van der Waals surface area contributed by atoms with Crippen LogP contribution in [0.2, 0.25) is 0 Å². The smallest absolute Gasteiger partial charge is 0.355 e. The molecule has 35 heavy (non-hydrogen) atoms. The lowest BCUT2D eigenvalue weighted by molar-refractivity contribution is -0.153. The third kappa shape index (κ3) is 6.77. The van der Waals surface area contributed by atoms with Gasteiger partial charge in [0, 0.05) is 11.7 Å². The zero-order valence-electron chi connectivity index (χ0n) is 18.2. The SMILES string of the molecule is CC1=C(C(=O)OCC(Cl)(Cl)Cl)N2C(=O)[C@@H](NC(=O)COc3ccccc3)[C@H]2S[C@@H]1CC(=O)C=[N+]=[N-]. The molecular weight excluding hydrogens is 543 g/mol. The van der Waals surface area contributed by atoms with Crippen molar-refractivity contribution >= 4 is 76.3 Å². The van der Waals surface area contributed by atoms with Gasteiger partial charge < -0.3 is 20.3 Å². The van der Waals surface area contributed by atoms with Crippen molar-refractivity contribution in [3.63, 3.8) is 0 Å². The van der Waals surface area contributed by atoms with Gasteiger partial charge in [-0.15, -0.1) is 11.8 Å². The summed E-state index contributed by atoms with van der Waals surface area (Å²) in [7, 11) is 0. The van der Waals surface area contributed by atoms with Crippen LogP contribution in [0.1, 0.15) is 13.3 Å². The molecule has 0 radical (unpaired) electrons. The topological polar surface area (TPSA) is 138 Å². The first kappa shape index (κ1) is 27.0. The number of rotatable bonds is 9. The van der Waals surface area contributed by atoms with E-state index in [1.165, 1.54) is 16.7 Å². The zero-order valence-corrected chi connectivity index (χ0v) is 21.2. The number of para-hydroxylation sites is 1. The fraction of sp³-hybridized carbons (Fsp3) is 0.381. The Morgan fingerprint density at radius 1 is 1.26 bits per heavy atom. The van der Waals surface area contributed by atoms with Gasteiger partial charge in [0.15, 0.2) is 6.61 Å². The van der Waals surface area contributed by atoms with Gasteiger partial charge in [-0.05, 0) is 24.6 Å². The number of Topliss-reactive ketones (excluding diaryl/α,β-unsaturated/α-hetero) is 1. The monoisotopic (exact) mass is 560 g/mol. The number of ether oxygens (including phenoxy) is 2. The number of β-lactam (4-membered cyclic amide) rings is 1. The van der Waals surface area contributed by atoms with Crippen LogP contribution in [0.5, 0.6) is 5.75 Å². The summed E-state index contributed by atoms with van der Waals surface area (Å²) in [5.74, 6) is -2.03. The van der Waals surface area contributed by atoms with E-state index >= 15 is 0 Å². The molecule has 0 saturated carbocycles. The predicted molar refractivity (Wildman–Crippen MR) is 129 cm³/mol. The van der Waals surface area contributed by atoms with Crippen molar-refractivity contribution in [3.8, 4) is 5.75 Å². The van der Waals surface area contributed by atoms with Crippen LogP contribution in [0.15, 0.2) is 41.6 Å². The Hall–Kier alpha value is -2.56. The Labute approximate surface area is 219 Å². The van der Waals surface area contributed by atoms with Crippen molar-refractivity contribution in [2.45, 2.75) is 33.8 Å². The van der Waals surface area contributed by atoms with Crippen molar-refractivity contribution in [2.75, 3.05) is 13.2 Å². The number of alkyl halides is 3. The summed E-state index contributed by atoms with van der Waals surface area (Å²) < 4.78 is 8.60. The molecule has 0 aromatic heterocycles. The van der Waals surface area contributed by atoms with E-state index in [2.05, 4.69) is 10.1 Å². The van der Waals surface area contributed by atoms with Crippen LogP contribution in [0, 0.1) is 0 Å². The second-order valence-electron chi connectivity index (χ2n) is 7.51. The lowest BCUT2D eigenvalue weighted by atomic mass is 9.99. The fourth-order valence-corrected chi connectivity index (χ4v) is 5.19. The van der Waals surface area contributed by atoms with Crippen molar-refractivity contribution in [1.82, 2.24) is 10.2 Å². The molecule has 0 aliphatic carbocycles. The summed E-state index contributed by atoms with van der Waals surface area (Å²) in [5, 5.41) is 1.32. The van der Waals surface area contributed by atoms with E-state index in [0.29, 0.717) is 11.3 Å². The van der Waals surface area contributed by atoms with Gasteiger partial charge in [0.25, 0.3) is 11.8 Å². The number of hydrogen-bond acceptors (Lipinski definition) is 7. The number of fused-ring (bicyclic) bond motifs is 1. The molecule has 1 aromatic rings. The molecule has 10 nitrogen and oxygen atoms in total. The number of ketones is 1. The van der Waals surface area contributed by atoms with Crippen molar-refractivity contribution in [1.29, 1.82) is 0 Å². The molecule has 0 unspecified atom stereocenters. The van der Waals surface area contributed by atoms with Gasteiger partial charge in [-0.25, -0.2) is 4.79 Å². The number of nitrogens with zero attached hydrogens (tertiary/aromatic N) is 3. The fourth-order valence-electron chi connectivity index (χ4n) is 3.44. The molecule has 0 spiro atoms. The van der Waals surface area contributed by atoms with Crippen LogP contribution in [0.25, 0.3) is 5.53 Å². The molecule has 1 saturated heterocycles.